The molecule has 0 aromatic rings. The summed E-state index contributed by atoms with van der Waals surface area (Å²) in [4.78, 5) is 11.7. The maximum atomic E-state index is 11.7. The van der Waals surface area contributed by atoms with Gasteiger partial charge in [0.1, 0.15) is 31.0 Å². The minimum Gasteiger partial charge on any atom is -0.463 e. The molecule has 1 aliphatic rings. The molecule has 7 nitrogen and oxygen atoms in total. The van der Waals surface area contributed by atoms with Gasteiger partial charge in [0.25, 0.3) is 0 Å². The van der Waals surface area contributed by atoms with Crippen molar-refractivity contribution in [2.45, 2.75) is 95.9 Å². The van der Waals surface area contributed by atoms with Crippen LogP contribution in [-0.2, 0) is 19.0 Å². The van der Waals surface area contributed by atoms with Crippen LogP contribution >= 0.6 is 0 Å². The number of aliphatic hydroxyl groups excluding tert-OH is 3. The van der Waals surface area contributed by atoms with Gasteiger partial charge in [-0.2, -0.15) is 0 Å². The van der Waals surface area contributed by atoms with Crippen molar-refractivity contribution in [3.8, 4) is 0 Å². The van der Waals surface area contributed by atoms with E-state index >= 15 is 0 Å². The van der Waals surface area contributed by atoms with Crippen molar-refractivity contribution in [3.63, 3.8) is 0 Å². The van der Waals surface area contributed by atoms with Crippen LogP contribution in [0.5, 0.6) is 0 Å². The van der Waals surface area contributed by atoms with Crippen molar-refractivity contribution in [1.82, 2.24) is 0 Å². The smallest absolute Gasteiger partial charge is 0.305 e. The van der Waals surface area contributed by atoms with E-state index in [1.807, 2.05) is 0 Å². The van der Waals surface area contributed by atoms with Crippen LogP contribution in [-0.4, -0.2) is 65.2 Å². The van der Waals surface area contributed by atoms with Crippen LogP contribution in [0, 0.1) is 0 Å². The molecule has 1 heterocycles. The van der Waals surface area contributed by atoms with Crippen molar-refractivity contribution >= 4 is 5.97 Å². The van der Waals surface area contributed by atoms with Crippen molar-refractivity contribution in [2.24, 2.45) is 0 Å². The molecule has 0 amide bonds. The second-order valence-corrected chi connectivity index (χ2v) is 6.52. The summed E-state index contributed by atoms with van der Waals surface area (Å²) in [6.07, 6.45) is 2.19. The third-order valence-electron chi connectivity index (χ3n) is 4.41. The Bertz CT molecular complexity index is 363. The Balaban J connectivity index is 2.20. The van der Waals surface area contributed by atoms with Crippen molar-refractivity contribution in [3.05, 3.63) is 0 Å². The van der Waals surface area contributed by atoms with Crippen molar-refractivity contribution < 1.29 is 34.3 Å². The topological polar surface area (TPSA) is 105 Å². The lowest BCUT2D eigenvalue weighted by molar-refractivity contribution is -0.296. The fourth-order valence-electron chi connectivity index (χ4n) is 2.90. The highest BCUT2D eigenvalue weighted by molar-refractivity contribution is 5.69. The highest BCUT2D eigenvalue weighted by Gasteiger charge is 2.44. The molecule has 0 aromatic heterocycles. The Morgan fingerprint density at radius 3 is 2.24 bits per heavy atom. The number of hydrogen-bond acceptors (Lipinski definition) is 7. The van der Waals surface area contributed by atoms with Gasteiger partial charge in [-0.25, -0.2) is 0 Å². The molecule has 7 heteroatoms. The first-order valence-electron chi connectivity index (χ1n) is 9.48. The predicted molar refractivity (Wildman–Crippen MR) is 91.9 cm³/mol. The summed E-state index contributed by atoms with van der Waals surface area (Å²) < 4.78 is 15.5. The first-order chi connectivity index (χ1) is 12.0. The van der Waals surface area contributed by atoms with E-state index in [9.17, 15) is 20.1 Å². The molecule has 0 saturated carbocycles. The van der Waals surface area contributed by atoms with Crippen molar-refractivity contribution in [1.29, 1.82) is 0 Å². The number of rotatable bonds is 12. The molecule has 0 bridgehead atoms. The molecular weight excluding hydrogens is 328 g/mol. The van der Waals surface area contributed by atoms with Gasteiger partial charge in [-0.05, 0) is 13.3 Å². The highest BCUT2D eigenvalue weighted by Crippen LogP contribution is 2.22. The maximum Gasteiger partial charge on any atom is 0.305 e. The van der Waals surface area contributed by atoms with Crippen molar-refractivity contribution in [2.75, 3.05) is 13.2 Å². The minimum atomic E-state index is -1.37. The molecule has 148 valence electrons. The van der Waals surface area contributed by atoms with Crippen LogP contribution in [0.4, 0.5) is 0 Å². The van der Waals surface area contributed by atoms with Gasteiger partial charge < -0.3 is 29.5 Å². The second-order valence-electron chi connectivity index (χ2n) is 6.52. The maximum absolute atomic E-state index is 11.7. The van der Waals surface area contributed by atoms with E-state index < -0.39 is 30.7 Å². The zero-order chi connectivity index (χ0) is 18.7. The van der Waals surface area contributed by atoms with Gasteiger partial charge in [0.05, 0.1) is 0 Å². The van der Waals surface area contributed by atoms with E-state index in [-0.39, 0.29) is 19.2 Å². The number of carbonyl (C=O) groups is 1. The number of aliphatic hydroxyl groups is 3. The average molecular weight is 362 g/mol. The molecule has 1 rings (SSSR count). The lowest BCUT2D eigenvalue weighted by Gasteiger charge is -2.39. The first kappa shape index (κ1) is 22.3. The molecule has 1 fully saturated rings. The second kappa shape index (κ2) is 12.6. The monoisotopic (exact) mass is 362 g/mol. The molecule has 1 aliphatic heterocycles. The molecule has 0 radical (unpaired) electrons. The van der Waals surface area contributed by atoms with Crippen LogP contribution in [0.25, 0.3) is 0 Å². The normalized spacial score (nSPS) is 29.6. The summed E-state index contributed by atoms with van der Waals surface area (Å²) in [6, 6.07) is 0. The Morgan fingerprint density at radius 1 is 0.960 bits per heavy atom. The number of unbranched alkanes of at least 4 members (excludes halogenated alkanes) is 6. The number of carbonyl (C=O) groups excluding carboxylic acids is 1. The number of ether oxygens (including phenoxy) is 3. The van der Waals surface area contributed by atoms with Gasteiger partial charge in [0, 0.05) is 13.0 Å². The van der Waals surface area contributed by atoms with Crippen LogP contribution in [0.3, 0.4) is 0 Å². The molecule has 3 N–H and O–H groups in total. The Labute approximate surface area is 150 Å². The largest absolute Gasteiger partial charge is 0.463 e. The first-order valence-corrected chi connectivity index (χ1v) is 9.48. The lowest BCUT2D eigenvalue weighted by atomic mass is 9.99. The van der Waals surface area contributed by atoms with Gasteiger partial charge in [-0.1, -0.05) is 45.4 Å². The summed E-state index contributed by atoms with van der Waals surface area (Å²) in [5.41, 5.74) is 0. The van der Waals surface area contributed by atoms with Crippen LogP contribution in [0.2, 0.25) is 0 Å². The van der Waals surface area contributed by atoms with Gasteiger partial charge >= 0.3 is 5.97 Å². The van der Waals surface area contributed by atoms with Crippen LogP contribution < -0.4 is 0 Å². The average Bonchev–Trinajstić information content (AvgIpc) is 2.59. The summed E-state index contributed by atoms with van der Waals surface area (Å²) >= 11 is 0. The fourth-order valence-corrected chi connectivity index (χ4v) is 2.90. The third-order valence-corrected chi connectivity index (χ3v) is 4.41. The summed E-state index contributed by atoms with van der Waals surface area (Å²) in [5.74, 6) is -0.361. The van der Waals surface area contributed by atoms with E-state index in [0.29, 0.717) is 6.42 Å². The lowest BCUT2D eigenvalue weighted by Crippen LogP contribution is -2.59. The summed E-state index contributed by atoms with van der Waals surface area (Å²) in [5, 5.41) is 29.8. The fraction of sp³-hybridized carbons (Fsp3) is 0.944. The van der Waals surface area contributed by atoms with Crippen LogP contribution in [0.15, 0.2) is 0 Å². The van der Waals surface area contributed by atoms with E-state index in [0.717, 1.165) is 19.3 Å². The van der Waals surface area contributed by atoms with Crippen LogP contribution in [0.1, 0.15) is 65.2 Å². The van der Waals surface area contributed by atoms with E-state index in [1.54, 1.807) is 6.92 Å². The quantitative estimate of drug-likeness (QED) is 0.357. The highest BCUT2D eigenvalue weighted by atomic mass is 16.7. The zero-order valence-electron chi connectivity index (χ0n) is 15.4. The molecule has 0 spiro atoms. The molecule has 5 atom stereocenters. The van der Waals surface area contributed by atoms with E-state index in [1.165, 1.54) is 25.7 Å². The SMILES string of the molecule is CCCCCCCCCC(=O)OC[C@H]1OC(O)[C@H](OCC)[C@@H](O)[C@@H]1O. The summed E-state index contributed by atoms with van der Waals surface area (Å²) in [6.45, 7) is 3.96. The molecule has 25 heavy (non-hydrogen) atoms. The number of esters is 1. The molecule has 0 aliphatic carbocycles. The Kier molecular flexibility index (Phi) is 11.2. The molecule has 1 unspecified atom stereocenters. The van der Waals surface area contributed by atoms with Gasteiger partial charge in [0.15, 0.2) is 6.29 Å². The molecule has 0 aromatic carbocycles. The third kappa shape index (κ3) is 8.00. The van der Waals surface area contributed by atoms with Gasteiger partial charge in [-0.15, -0.1) is 0 Å². The standard InChI is InChI=1S/C18H34O7/c1-3-5-6-7-8-9-10-11-14(19)24-12-13-15(20)16(21)17(23-4-2)18(22)25-13/h13,15-18,20-22H,3-12H2,1-2H3/t13-,15-,16+,17-,18?/m1/s1. The predicted octanol–water partition coefficient (Wildman–Crippen LogP) is 1.51. The van der Waals surface area contributed by atoms with E-state index in [4.69, 9.17) is 14.2 Å². The Hall–Kier alpha value is -0.730. The van der Waals surface area contributed by atoms with Gasteiger partial charge in [0.2, 0.25) is 0 Å². The number of hydrogen-bond donors (Lipinski definition) is 3. The van der Waals surface area contributed by atoms with E-state index in [2.05, 4.69) is 6.92 Å². The van der Waals surface area contributed by atoms with Gasteiger partial charge in [-0.3, -0.25) is 4.79 Å². The molecular formula is C18H34O7. The molecule has 1 saturated heterocycles. The minimum absolute atomic E-state index is 0.205. The summed E-state index contributed by atoms with van der Waals surface area (Å²) in [7, 11) is 0. The Morgan fingerprint density at radius 2 is 1.60 bits per heavy atom. The zero-order valence-corrected chi connectivity index (χ0v) is 15.4.